The lowest BCUT2D eigenvalue weighted by atomic mass is 9.83. The lowest BCUT2D eigenvalue weighted by molar-refractivity contribution is -0.135. The van der Waals surface area contributed by atoms with Crippen molar-refractivity contribution in [3.63, 3.8) is 0 Å². The number of hydrogen-bond acceptors (Lipinski definition) is 4. The number of ether oxygens (including phenoxy) is 1. The number of likely N-dealkylation sites (tertiary alicyclic amines) is 1. The van der Waals surface area contributed by atoms with E-state index < -0.39 is 28.3 Å². The number of nitrogens with zero attached hydrogens (tertiary/aromatic N) is 1. The van der Waals surface area contributed by atoms with Crippen LogP contribution in [-0.2, 0) is 16.5 Å². The second-order valence-electron chi connectivity index (χ2n) is 6.82. The molecule has 4 nitrogen and oxygen atoms in total. The number of carbonyl (C=O) groups is 1. The summed E-state index contributed by atoms with van der Waals surface area (Å²) in [5, 5.41) is 1.39. The highest BCUT2D eigenvalue weighted by Crippen LogP contribution is 2.42. The lowest BCUT2D eigenvalue weighted by Crippen LogP contribution is -2.54. The van der Waals surface area contributed by atoms with Gasteiger partial charge in [0.2, 0.25) is 0 Å². The third-order valence-electron chi connectivity index (χ3n) is 3.63. The molecule has 1 fully saturated rings. The Kier molecular flexibility index (Phi) is 4.69. The summed E-state index contributed by atoms with van der Waals surface area (Å²) >= 11 is 0.629. The molecule has 1 aromatic rings. The molecule has 0 saturated carbocycles. The number of piperidine rings is 1. The van der Waals surface area contributed by atoms with E-state index in [9.17, 15) is 18.0 Å². The van der Waals surface area contributed by atoms with Gasteiger partial charge in [-0.1, -0.05) is 0 Å². The Labute approximate surface area is 137 Å². The molecule has 8 heteroatoms. The van der Waals surface area contributed by atoms with Crippen LogP contribution in [0.25, 0.3) is 0 Å². The molecule has 1 amide bonds. The fraction of sp³-hybridized carbons (Fsp3) is 0.667. The Morgan fingerprint density at radius 1 is 1.39 bits per heavy atom. The zero-order chi connectivity index (χ0) is 17.5. The Balaban J connectivity index is 2.23. The summed E-state index contributed by atoms with van der Waals surface area (Å²) in [6.07, 6.45) is -4.06. The van der Waals surface area contributed by atoms with Crippen molar-refractivity contribution in [1.82, 2.24) is 4.90 Å². The van der Waals surface area contributed by atoms with Crippen LogP contribution in [0.4, 0.5) is 18.0 Å². The van der Waals surface area contributed by atoms with Crippen LogP contribution in [0.15, 0.2) is 11.4 Å². The molecule has 2 N–H and O–H groups in total. The fourth-order valence-electron chi connectivity index (χ4n) is 2.71. The van der Waals surface area contributed by atoms with Crippen molar-refractivity contribution in [1.29, 1.82) is 0 Å². The second kappa shape index (κ2) is 5.98. The van der Waals surface area contributed by atoms with Crippen molar-refractivity contribution >= 4 is 17.4 Å². The molecule has 1 aliphatic heterocycles. The van der Waals surface area contributed by atoms with Gasteiger partial charge in [0.05, 0.1) is 5.54 Å². The molecule has 2 rings (SSSR count). The molecular formula is C15H21F3N2O2S. The van der Waals surface area contributed by atoms with E-state index in [1.165, 1.54) is 16.3 Å². The minimum Gasteiger partial charge on any atom is -0.444 e. The first-order chi connectivity index (χ1) is 10.4. The highest BCUT2D eigenvalue weighted by atomic mass is 32.1. The van der Waals surface area contributed by atoms with Crippen LogP contribution in [0.1, 0.15) is 44.1 Å². The predicted molar refractivity (Wildman–Crippen MR) is 82.2 cm³/mol. The molecule has 0 bridgehead atoms. The van der Waals surface area contributed by atoms with E-state index >= 15 is 0 Å². The largest absolute Gasteiger partial charge is 0.444 e. The van der Waals surface area contributed by atoms with Crippen LogP contribution in [0.2, 0.25) is 0 Å². The van der Waals surface area contributed by atoms with Crippen molar-refractivity contribution in [2.24, 2.45) is 5.73 Å². The maximum atomic E-state index is 13.1. The fourth-order valence-corrected chi connectivity index (χ4v) is 3.58. The average molecular weight is 350 g/mol. The quantitative estimate of drug-likeness (QED) is 0.834. The maximum Gasteiger partial charge on any atom is 0.425 e. The Morgan fingerprint density at radius 2 is 2.04 bits per heavy atom. The maximum absolute atomic E-state index is 13.1. The van der Waals surface area contributed by atoms with Crippen LogP contribution < -0.4 is 5.73 Å². The van der Waals surface area contributed by atoms with Gasteiger partial charge in [-0.2, -0.15) is 13.2 Å². The first kappa shape index (κ1) is 18.1. The van der Waals surface area contributed by atoms with Gasteiger partial charge >= 0.3 is 12.3 Å². The van der Waals surface area contributed by atoms with E-state index in [1.807, 2.05) is 0 Å². The molecule has 0 aliphatic carbocycles. The molecule has 1 aliphatic rings. The summed E-state index contributed by atoms with van der Waals surface area (Å²) in [5.74, 6) is 0. The summed E-state index contributed by atoms with van der Waals surface area (Å²) in [6, 6.07) is 1.41. The molecule has 1 saturated heterocycles. The molecule has 1 atom stereocenters. The van der Waals surface area contributed by atoms with Crippen LogP contribution in [0.5, 0.6) is 0 Å². The van der Waals surface area contributed by atoms with Gasteiger partial charge in [-0.25, -0.2) is 4.79 Å². The standard InChI is InChI=1S/C15H21F3N2O2S/c1-13(2,3)22-12(21)20-7-4-6-14(19,9-20)10-5-8-23-11(10)15(16,17)18/h5,8H,4,6-7,9,19H2,1-3H3. The molecule has 0 radical (unpaired) electrons. The zero-order valence-corrected chi connectivity index (χ0v) is 14.2. The van der Waals surface area contributed by atoms with Gasteiger partial charge < -0.3 is 15.4 Å². The van der Waals surface area contributed by atoms with E-state index in [0.29, 0.717) is 30.7 Å². The van der Waals surface area contributed by atoms with Gasteiger partial charge in [0.15, 0.2) is 0 Å². The van der Waals surface area contributed by atoms with Crippen molar-refractivity contribution < 1.29 is 22.7 Å². The smallest absolute Gasteiger partial charge is 0.425 e. The number of hydrogen-bond donors (Lipinski definition) is 1. The third kappa shape index (κ3) is 4.17. The number of thiophene rings is 1. The van der Waals surface area contributed by atoms with Gasteiger partial charge in [0, 0.05) is 13.1 Å². The third-order valence-corrected chi connectivity index (χ3v) is 4.59. The van der Waals surface area contributed by atoms with Crippen LogP contribution in [0, 0.1) is 0 Å². The Hall–Kier alpha value is -1.28. The second-order valence-corrected chi connectivity index (χ2v) is 7.74. The van der Waals surface area contributed by atoms with Crippen LogP contribution in [0.3, 0.4) is 0 Å². The van der Waals surface area contributed by atoms with E-state index in [-0.39, 0.29) is 12.1 Å². The van der Waals surface area contributed by atoms with Gasteiger partial charge in [0.1, 0.15) is 10.5 Å². The SMILES string of the molecule is CC(C)(C)OC(=O)N1CCCC(N)(c2ccsc2C(F)(F)F)C1. The van der Waals surface area contributed by atoms with E-state index in [0.717, 1.165) is 0 Å². The number of alkyl halides is 3. The number of carbonyl (C=O) groups excluding carboxylic acids is 1. The van der Waals surface area contributed by atoms with Gasteiger partial charge in [-0.05, 0) is 50.6 Å². The molecule has 130 valence electrons. The normalized spacial score (nSPS) is 23.0. The van der Waals surface area contributed by atoms with E-state index in [1.54, 1.807) is 20.8 Å². The highest BCUT2D eigenvalue weighted by Gasteiger charge is 2.44. The van der Waals surface area contributed by atoms with Gasteiger partial charge in [0.25, 0.3) is 0 Å². The number of amides is 1. The van der Waals surface area contributed by atoms with E-state index in [4.69, 9.17) is 10.5 Å². The van der Waals surface area contributed by atoms with Crippen molar-refractivity contribution in [3.8, 4) is 0 Å². The monoisotopic (exact) mass is 350 g/mol. The van der Waals surface area contributed by atoms with Crippen molar-refractivity contribution in [2.75, 3.05) is 13.1 Å². The summed E-state index contributed by atoms with van der Waals surface area (Å²) in [5.41, 5.74) is 4.46. The summed E-state index contributed by atoms with van der Waals surface area (Å²) in [4.78, 5) is 12.9. The topological polar surface area (TPSA) is 55.6 Å². The average Bonchev–Trinajstić information content (AvgIpc) is 2.86. The minimum absolute atomic E-state index is 0.0156. The Morgan fingerprint density at radius 3 is 2.61 bits per heavy atom. The number of rotatable bonds is 1. The van der Waals surface area contributed by atoms with E-state index in [2.05, 4.69) is 0 Å². The van der Waals surface area contributed by atoms with Crippen LogP contribution in [-0.4, -0.2) is 29.7 Å². The number of halogens is 3. The van der Waals surface area contributed by atoms with Crippen molar-refractivity contribution in [2.45, 2.75) is 50.9 Å². The first-order valence-corrected chi connectivity index (χ1v) is 8.22. The molecule has 0 aromatic carbocycles. The van der Waals surface area contributed by atoms with Gasteiger partial charge in [-0.15, -0.1) is 11.3 Å². The van der Waals surface area contributed by atoms with Crippen molar-refractivity contribution in [3.05, 3.63) is 21.9 Å². The molecule has 1 aromatic heterocycles. The summed E-state index contributed by atoms with van der Waals surface area (Å²) < 4.78 is 44.7. The predicted octanol–water partition coefficient (Wildman–Crippen LogP) is 3.95. The lowest BCUT2D eigenvalue weighted by Gasteiger charge is -2.41. The molecule has 0 spiro atoms. The van der Waals surface area contributed by atoms with Gasteiger partial charge in [-0.3, -0.25) is 0 Å². The molecule has 1 unspecified atom stereocenters. The Bertz CT molecular complexity index is 580. The minimum atomic E-state index is -4.44. The molecule has 2 heterocycles. The zero-order valence-electron chi connectivity index (χ0n) is 13.4. The first-order valence-electron chi connectivity index (χ1n) is 7.34. The summed E-state index contributed by atoms with van der Waals surface area (Å²) in [7, 11) is 0. The highest BCUT2D eigenvalue weighted by molar-refractivity contribution is 7.10. The van der Waals surface area contributed by atoms with Crippen LogP contribution >= 0.6 is 11.3 Å². The molecular weight excluding hydrogens is 329 g/mol. The number of nitrogens with two attached hydrogens (primary N) is 1. The summed E-state index contributed by atoms with van der Waals surface area (Å²) in [6.45, 7) is 5.67. The molecule has 23 heavy (non-hydrogen) atoms.